The first kappa shape index (κ1) is 14.8. The summed E-state index contributed by atoms with van der Waals surface area (Å²) in [5.74, 6) is 0.584. The molecule has 2 rings (SSSR count). The molecule has 0 amide bonds. The highest BCUT2D eigenvalue weighted by Gasteiger charge is 2.26. The van der Waals surface area contributed by atoms with Crippen LogP contribution in [0.2, 0.25) is 5.02 Å². The van der Waals surface area contributed by atoms with Gasteiger partial charge in [-0.05, 0) is 37.3 Å². The van der Waals surface area contributed by atoms with Crippen LogP contribution in [0.25, 0.3) is 0 Å². The van der Waals surface area contributed by atoms with E-state index in [0.29, 0.717) is 18.1 Å². The van der Waals surface area contributed by atoms with E-state index >= 15 is 0 Å². The predicted octanol–water partition coefficient (Wildman–Crippen LogP) is 4.19. The van der Waals surface area contributed by atoms with Crippen LogP contribution in [0.5, 0.6) is 0 Å². The van der Waals surface area contributed by atoms with E-state index in [4.69, 9.17) is 16.3 Å². The van der Waals surface area contributed by atoms with Crippen molar-refractivity contribution in [3.8, 4) is 0 Å². The molecule has 19 heavy (non-hydrogen) atoms. The van der Waals surface area contributed by atoms with E-state index in [0.717, 1.165) is 24.5 Å². The van der Waals surface area contributed by atoms with E-state index in [9.17, 15) is 0 Å². The molecule has 0 spiro atoms. The highest BCUT2D eigenvalue weighted by molar-refractivity contribution is 6.31. The van der Waals surface area contributed by atoms with E-state index in [1.807, 2.05) is 18.2 Å². The molecule has 2 unspecified atom stereocenters. The molecule has 0 aliphatic carbocycles. The zero-order valence-corrected chi connectivity index (χ0v) is 12.8. The summed E-state index contributed by atoms with van der Waals surface area (Å²) >= 11 is 6.25. The standard InChI is InChI=1S/C16H24ClNO/c1-11(2)16-10-13(8-9-19-16)18-12(3)14-6-4-5-7-15(14)17/h4-7,11-13,16,18H,8-10H2,1-3H3/t12-,13?,16?/m1/s1. The van der Waals surface area contributed by atoms with Gasteiger partial charge in [0.05, 0.1) is 6.10 Å². The van der Waals surface area contributed by atoms with Crippen LogP contribution in [0.15, 0.2) is 24.3 Å². The molecule has 1 aromatic rings. The minimum Gasteiger partial charge on any atom is -0.378 e. The number of nitrogens with one attached hydrogen (secondary N) is 1. The van der Waals surface area contributed by atoms with Crippen molar-refractivity contribution in [1.29, 1.82) is 0 Å². The van der Waals surface area contributed by atoms with E-state index in [1.54, 1.807) is 0 Å². The summed E-state index contributed by atoms with van der Waals surface area (Å²) in [5.41, 5.74) is 1.18. The first-order valence-corrected chi connectivity index (χ1v) is 7.57. The van der Waals surface area contributed by atoms with Gasteiger partial charge in [0, 0.05) is 23.7 Å². The Balaban J connectivity index is 1.95. The fourth-order valence-electron chi connectivity index (χ4n) is 2.71. The molecule has 3 heteroatoms. The van der Waals surface area contributed by atoms with Crippen molar-refractivity contribution in [1.82, 2.24) is 5.32 Å². The van der Waals surface area contributed by atoms with Crippen molar-refractivity contribution < 1.29 is 4.74 Å². The minimum atomic E-state index is 0.282. The highest BCUT2D eigenvalue weighted by atomic mass is 35.5. The third-order valence-corrected chi connectivity index (χ3v) is 4.26. The smallest absolute Gasteiger partial charge is 0.0612 e. The van der Waals surface area contributed by atoms with Crippen molar-refractivity contribution in [2.45, 2.75) is 51.8 Å². The predicted molar refractivity (Wildman–Crippen MR) is 80.6 cm³/mol. The third-order valence-electron chi connectivity index (χ3n) is 3.92. The second-order valence-electron chi connectivity index (χ2n) is 5.78. The van der Waals surface area contributed by atoms with Gasteiger partial charge in [0.1, 0.15) is 0 Å². The molecule has 0 bridgehead atoms. The normalized spacial score (nSPS) is 25.5. The molecule has 0 saturated carbocycles. The molecular weight excluding hydrogens is 258 g/mol. The molecule has 0 aromatic heterocycles. The van der Waals surface area contributed by atoms with Crippen LogP contribution in [0.4, 0.5) is 0 Å². The van der Waals surface area contributed by atoms with Crippen LogP contribution < -0.4 is 5.32 Å². The Bertz CT molecular complexity index is 407. The number of benzene rings is 1. The maximum Gasteiger partial charge on any atom is 0.0612 e. The summed E-state index contributed by atoms with van der Waals surface area (Å²) in [6.45, 7) is 7.49. The molecule has 1 aromatic carbocycles. The SMILES string of the molecule is CC(C)C1CC(N[C@H](C)c2ccccc2Cl)CCO1. The van der Waals surface area contributed by atoms with Crippen molar-refractivity contribution >= 4 is 11.6 Å². The fourth-order valence-corrected chi connectivity index (χ4v) is 3.01. The maximum absolute atomic E-state index is 6.25. The molecule has 1 fully saturated rings. The van der Waals surface area contributed by atoms with Crippen LogP contribution in [0.3, 0.4) is 0 Å². The zero-order chi connectivity index (χ0) is 13.8. The molecule has 1 aliphatic rings. The van der Waals surface area contributed by atoms with E-state index in [2.05, 4.69) is 32.2 Å². The lowest BCUT2D eigenvalue weighted by Gasteiger charge is -2.34. The number of hydrogen-bond acceptors (Lipinski definition) is 2. The monoisotopic (exact) mass is 281 g/mol. The quantitative estimate of drug-likeness (QED) is 0.893. The zero-order valence-electron chi connectivity index (χ0n) is 12.0. The largest absolute Gasteiger partial charge is 0.378 e. The van der Waals surface area contributed by atoms with Crippen LogP contribution in [0, 0.1) is 5.92 Å². The fraction of sp³-hybridized carbons (Fsp3) is 0.625. The summed E-state index contributed by atoms with van der Waals surface area (Å²) in [4.78, 5) is 0. The van der Waals surface area contributed by atoms with Gasteiger partial charge < -0.3 is 10.1 Å². The number of ether oxygens (including phenoxy) is 1. The summed E-state index contributed by atoms with van der Waals surface area (Å²) < 4.78 is 5.81. The molecule has 3 atom stereocenters. The first-order chi connectivity index (χ1) is 9.08. The lowest BCUT2D eigenvalue weighted by atomic mass is 9.94. The van der Waals surface area contributed by atoms with Gasteiger partial charge in [-0.3, -0.25) is 0 Å². The van der Waals surface area contributed by atoms with Crippen LogP contribution >= 0.6 is 11.6 Å². The summed E-state index contributed by atoms with van der Waals surface area (Å²) in [7, 11) is 0. The van der Waals surface area contributed by atoms with Crippen LogP contribution in [-0.2, 0) is 4.74 Å². The molecule has 0 radical (unpaired) electrons. The number of halogens is 1. The molecular formula is C16H24ClNO. The topological polar surface area (TPSA) is 21.3 Å². The lowest BCUT2D eigenvalue weighted by Crippen LogP contribution is -2.41. The lowest BCUT2D eigenvalue weighted by molar-refractivity contribution is -0.0256. The van der Waals surface area contributed by atoms with Gasteiger partial charge in [-0.2, -0.15) is 0 Å². The van der Waals surface area contributed by atoms with Crippen molar-refractivity contribution in [3.63, 3.8) is 0 Å². The third kappa shape index (κ3) is 3.95. The molecule has 1 N–H and O–H groups in total. The van der Waals surface area contributed by atoms with Gasteiger partial charge in [0.25, 0.3) is 0 Å². The summed E-state index contributed by atoms with van der Waals surface area (Å²) in [5, 5.41) is 4.54. The highest BCUT2D eigenvalue weighted by Crippen LogP contribution is 2.26. The molecule has 2 nitrogen and oxygen atoms in total. The Morgan fingerprint density at radius 2 is 2.00 bits per heavy atom. The average molecular weight is 282 g/mol. The molecule has 1 heterocycles. The van der Waals surface area contributed by atoms with Gasteiger partial charge in [-0.25, -0.2) is 0 Å². The first-order valence-electron chi connectivity index (χ1n) is 7.20. The Hall–Kier alpha value is -0.570. The number of rotatable bonds is 4. The van der Waals surface area contributed by atoms with Gasteiger partial charge in [-0.1, -0.05) is 43.6 Å². The molecule has 1 aliphatic heterocycles. The molecule has 106 valence electrons. The van der Waals surface area contributed by atoms with Gasteiger partial charge in [0.2, 0.25) is 0 Å². The number of hydrogen-bond donors (Lipinski definition) is 1. The Labute approximate surface area is 121 Å². The maximum atomic E-state index is 6.25. The Morgan fingerprint density at radius 3 is 2.68 bits per heavy atom. The van der Waals surface area contributed by atoms with Gasteiger partial charge in [0.15, 0.2) is 0 Å². The summed E-state index contributed by atoms with van der Waals surface area (Å²) in [6.07, 6.45) is 2.55. The van der Waals surface area contributed by atoms with E-state index in [1.165, 1.54) is 5.56 Å². The molecule has 1 saturated heterocycles. The van der Waals surface area contributed by atoms with Crippen molar-refractivity contribution in [2.24, 2.45) is 5.92 Å². The average Bonchev–Trinajstić information content (AvgIpc) is 2.39. The van der Waals surface area contributed by atoms with Crippen LogP contribution in [-0.4, -0.2) is 18.8 Å². The summed E-state index contributed by atoms with van der Waals surface area (Å²) in [6, 6.07) is 8.87. The van der Waals surface area contributed by atoms with E-state index in [-0.39, 0.29) is 6.04 Å². The van der Waals surface area contributed by atoms with Gasteiger partial charge >= 0.3 is 0 Å². The van der Waals surface area contributed by atoms with Crippen molar-refractivity contribution in [3.05, 3.63) is 34.9 Å². The Morgan fingerprint density at radius 1 is 1.26 bits per heavy atom. The van der Waals surface area contributed by atoms with Gasteiger partial charge in [-0.15, -0.1) is 0 Å². The van der Waals surface area contributed by atoms with Crippen molar-refractivity contribution in [2.75, 3.05) is 6.61 Å². The second kappa shape index (κ2) is 6.74. The minimum absolute atomic E-state index is 0.282. The Kier molecular flexibility index (Phi) is 5.26. The van der Waals surface area contributed by atoms with E-state index < -0.39 is 0 Å². The van der Waals surface area contributed by atoms with Crippen LogP contribution in [0.1, 0.15) is 45.2 Å². The second-order valence-corrected chi connectivity index (χ2v) is 6.19.